The van der Waals surface area contributed by atoms with Crippen LogP contribution in [0.3, 0.4) is 0 Å². The molecular weight excluding hydrogens is 350 g/mol. The summed E-state index contributed by atoms with van der Waals surface area (Å²) in [5, 5.41) is 12.4. The number of aromatic hydroxyl groups is 1. The first-order valence-electron chi connectivity index (χ1n) is 9.27. The second kappa shape index (κ2) is 8.01. The van der Waals surface area contributed by atoms with Crippen molar-refractivity contribution in [1.82, 2.24) is 5.32 Å². The highest BCUT2D eigenvalue weighted by Crippen LogP contribution is 2.44. The van der Waals surface area contributed by atoms with Crippen molar-refractivity contribution in [3.05, 3.63) is 95.6 Å². The summed E-state index contributed by atoms with van der Waals surface area (Å²) in [6, 6.07) is 23.5. The standard InChI is InChI=1S/C24H21NO3/c26-23-14-6-1-8-17(23)9-7-15-25-24(27)28-16-22-20-12-4-2-10-18(20)19-11-3-5-13-21(19)22/h1-14,22,26H,15-16H2,(H,25,27). The molecule has 28 heavy (non-hydrogen) atoms. The van der Waals surface area contributed by atoms with Crippen LogP contribution in [0.2, 0.25) is 0 Å². The first-order valence-corrected chi connectivity index (χ1v) is 9.27. The Morgan fingerprint density at radius 3 is 2.21 bits per heavy atom. The maximum Gasteiger partial charge on any atom is 0.407 e. The summed E-state index contributed by atoms with van der Waals surface area (Å²) in [5.41, 5.74) is 5.50. The van der Waals surface area contributed by atoms with Crippen LogP contribution in [0.15, 0.2) is 78.9 Å². The maximum absolute atomic E-state index is 12.1. The van der Waals surface area contributed by atoms with Crippen molar-refractivity contribution in [2.24, 2.45) is 0 Å². The molecule has 0 aromatic heterocycles. The zero-order valence-electron chi connectivity index (χ0n) is 15.3. The minimum atomic E-state index is -0.455. The normalized spacial score (nSPS) is 12.6. The molecule has 3 aromatic rings. The van der Waals surface area contributed by atoms with Gasteiger partial charge in [0.05, 0.1) is 0 Å². The quantitative estimate of drug-likeness (QED) is 0.668. The fourth-order valence-electron chi connectivity index (χ4n) is 3.61. The molecule has 1 amide bonds. The van der Waals surface area contributed by atoms with Gasteiger partial charge in [0.25, 0.3) is 0 Å². The molecule has 0 saturated heterocycles. The van der Waals surface area contributed by atoms with Gasteiger partial charge in [-0.15, -0.1) is 0 Å². The second-order valence-corrected chi connectivity index (χ2v) is 6.67. The highest BCUT2D eigenvalue weighted by atomic mass is 16.5. The molecule has 4 rings (SSSR count). The van der Waals surface area contributed by atoms with Crippen LogP contribution < -0.4 is 5.32 Å². The molecule has 4 heteroatoms. The molecule has 3 aromatic carbocycles. The van der Waals surface area contributed by atoms with Gasteiger partial charge in [-0.05, 0) is 28.3 Å². The van der Waals surface area contributed by atoms with Gasteiger partial charge in [0, 0.05) is 18.0 Å². The van der Waals surface area contributed by atoms with Crippen molar-refractivity contribution in [3.8, 4) is 16.9 Å². The van der Waals surface area contributed by atoms with Crippen molar-refractivity contribution in [2.75, 3.05) is 13.2 Å². The van der Waals surface area contributed by atoms with Crippen molar-refractivity contribution in [3.63, 3.8) is 0 Å². The van der Waals surface area contributed by atoms with E-state index in [1.54, 1.807) is 30.4 Å². The van der Waals surface area contributed by atoms with Gasteiger partial charge in [0.1, 0.15) is 12.4 Å². The SMILES string of the molecule is O=C(NCC=Cc1ccccc1O)OCC1c2ccccc2-c2ccccc21. The average Bonchev–Trinajstić information content (AvgIpc) is 3.05. The van der Waals surface area contributed by atoms with Gasteiger partial charge in [-0.25, -0.2) is 4.79 Å². The van der Waals surface area contributed by atoms with E-state index in [2.05, 4.69) is 29.6 Å². The van der Waals surface area contributed by atoms with E-state index < -0.39 is 6.09 Å². The lowest BCUT2D eigenvalue weighted by molar-refractivity contribution is 0.144. The van der Waals surface area contributed by atoms with E-state index in [1.165, 1.54) is 22.3 Å². The molecule has 1 aliphatic rings. The molecule has 0 aliphatic heterocycles. The predicted molar refractivity (Wildman–Crippen MR) is 110 cm³/mol. The van der Waals surface area contributed by atoms with Crippen molar-refractivity contribution in [2.45, 2.75) is 5.92 Å². The summed E-state index contributed by atoms with van der Waals surface area (Å²) in [6.45, 7) is 0.619. The molecule has 0 atom stereocenters. The van der Waals surface area contributed by atoms with Crippen molar-refractivity contribution < 1.29 is 14.6 Å². The first kappa shape index (κ1) is 17.9. The summed E-state index contributed by atoms with van der Waals surface area (Å²) in [6.07, 6.45) is 3.08. The number of alkyl carbamates (subject to hydrolysis) is 1. The minimum Gasteiger partial charge on any atom is -0.507 e. The first-order chi connectivity index (χ1) is 13.7. The molecule has 0 saturated carbocycles. The van der Waals surface area contributed by atoms with Gasteiger partial charge in [-0.1, -0.05) is 78.9 Å². The number of rotatable bonds is 5. The van der Waals surface area contributed by atoms with E-state index in [-0.39, 0.29) is 11.7 Å². The number of carbonyl (C=O) groups is 1. The van der Waals surface area contributed by atoms with Crippen LogP contribution in [0.25, 0.3) is 17.2 Å². The molecule has 1 aliphatic carbocycles. The second-order valence-electron chi connectivity index (χ2n) is 6.67. The Balaban J connectivity index is 1.35. The number of benzene rings is 3. The summed E-state index contributed by atoms with van der Waals surface area (Å²) < 4.78 is 5.48. The highest BCUT2D eigenvalue weighted by molar-refractivity contribution is 5.79. The number of phenols is 1. The number of phenolic OH excluding ortho intramolecular Hbond substituents is 1. The van der Waals surface area contributed by atoms with Crippen LogP contribution in [0.4, 0.5) is 4.79 Å². The Hall–Kier alpha value is -3.53. The number of hydrogen-bond donors (Lipinski definition) is 2. The Bertz CT molecular complexity index is 980. The van der Waals surface area contributed by atoms with E-state index in [4.69, 9.17) is 4.74 Å². The molecule has 0 fully saturated rings. The van der Waals surface area contributed by atoms with E-state index >= 15 is 0 Å². The molecule has 4 nitrogen and oxygen atoms in total. The third-order valence-electron chi connectivity index (χ3n) is 4.94. The van der Waals surface area contributed by atoms with Crippen LogP contribution in [0.5, 0.6) is 5.75 Å². The topological polar surface area (TPSA) is 58.6 Å². The van der Waals surface area contributed by atoms with Gasteiger partial charge in [-0.3, -0.25) is 0 Å². The number of carbonyl (C=O) groups excluding carboxylic acids is 1. The number of ether oxygens (including phenoxy) is 1. The molecule has 0 unspecified atom stereocenters. The van der Waals surface area contributed by atoms with Crippen LogP contribution in [0, 0.1) is 0 Å². The fraction of sp³-hybridized carbons (Fsp3) is 0.125. The Morgan fingerprint density at radius 1 is 0.929 bits per heavy atom. The molecule has 0 spiro atoms. The lowest BCUT2D eigenvalue weighted by atomic mass is 9.98. The molecular formula is C24H21NO3. The zero-order chi connectivity index (χ0) is 19.3. The molecule has 2 N–H and O–H groups in total. The summed E-state index contributed by atoms with van der Waals surface area (Å²) in [5.74, 6) is 0.259. The van der Waals surface area contributed by atoms with Crippen LogP contribution in [-0.2, 0) is 4.74 Å². The zero-order valence-corrected chi connectivity index (χ0v) is 15.3. The largest absolute Gasteiger partial charge is 0.507 e. The number of para-hydroxylation sites is 1. The molecule has 140 valence electrons. The molecule has 0 bridgehead atoms. The van der Waals surface area contributed by atoms with Gasteiger partial charge in [-0.2, -0.15) is 0 Å². The van der Waals surface area contributed by atoms with Crippen LogP contribution in [-0.4, -0.2) is 24.4 Å². The molecule has 0 radical (unpaired) electrons. The van der Waals surface area contributed by atoms with E-state index in [0.717, 1.165) is 0 Å². The summed E-state index contributed by atoms with van der Waals surface area (Å²) in [7, 11) is 0. The van der Waals surface area contributed by atoms with Gasteiger partial charge >= 0.3 is 6.09 Å². The van der Waals surface area contributed by atoms with Crippen molar-refractivity contribution >= 4 is 12.2 Å². The Morgan fingerprint density at radius 2 is 1.54 bits per heavy atom. The predicted octanol–water partition coefficient (Wildman–Crippen LogP) is 4.94. The highest BCUT2D eigenvalue weighted by Gasteiger charge is 2.28. The third kappa shape index (κ3) is 3.62. The number of fused-ring (bicyclic) bond motifs is 3. The third-order valence-corrected chi connectivity index (χ3v) is 4.94. The monoisotopic (exact) mass is 371 g/mol. The van der Waals surface area contributed by atoms with Crippen molar-refractivity contribution in [1.29, 1.82) is 0 Å². The number of nitrogens with one attached hydrogen (secondary N) is 1. The Kier molecular flexibility index (Phi) is 5.11. The smallest absolute Gasteiger partial charge is 0.407 e. The van der Waals surface area contributed by atoms with E-state index in [9.17, 15) is 9.90 Å². The van der Waals surface area contributed by atoms with E-state index in [1.807, 2.05) is 30.3 Å². The lowest BCUT2D eigenvalue weighted by Gasteiger charge is -2.14. The molecule has 0 heterocycles. The van der Waals surface area contributed by atoms with E-state index in [0.29, 0.717) is 18.7 Å². The summed E-state index contributed by atoms with van der Waals surface area (Å²) >= 11 is 0. The van der Waals surface area contributed by atoms with Gasteiger partial charge in [0.15, 0.2) is 0 Å². The summed E-state index contributed by atoms with van der Waals surface area (Å²) in [4.78, 5) is 12.1. The lowest BCUT2D eigenvalue weighted by Crippen LogP contribution is -2.26. The maximum atomic E-state index is 12.1. The van der Waals surface area contributed by atoms with Crippen LogP contribution >= 0.6 is 0 Å². The number of amides is 1. The minimum absolute atomic E-state index is 0.0509. The van der Waals surface area contributed by atoms with Crippen LogP contribution in [0.1, 0.15) is 22.6 Å². The van der Waals surface area contributed by atoms with Gasteiger partial charge < -0.3 is 15.2 Å². The fourth-order valence-corrected chi connectivity index (χ4v) is 3.61. The average molecular weight is 371 g/mol. The number of hydrogen-bond acceptors (Lipinski definition) is 3. The Labute approximate surface area is 164 Å². The van der Waals surface area contributed by atoms with Gasteiger partial charge in [0.2, 0.25) is 0 Å².